The van der Waals surface area contributed by atoms with Crippen LogP contribution in [0.1, 0.15) is 31.8 Å². The maximum atomic E-state index is 14.4. The number of para-hydroxylation sites is 1. The number of hydrogen-bond donors (Lipinski definition) is 2. The SMILES string of the molecule is CSc1ccccc1NC(=O)c1c(I)cccc1C(=O)Nc1ccc(C(F)(C(F)(F)F)C(F)(F)F)cc1C. The molecule has 0 aliphatic rings. The van der Waals surface area contributed by atoms with Gasteiger partial charge in [0, 0.05) is 19.7 Å². The van der Waals surface area contributed by atoms with Gasteiger partial charge in [0.05, 0.1) is 16.8 Å². The zero-order valence-corrected chi connectivity index (χ0v) is 22.5. The van der Waals surface area contributed by atoms with Gasteiger partial charge in [-0.2, -0.15) is 26.3 Å². The first-order chi connectivity index (χ1) is 17.6. The summed E-state index contributed by atoms with van der Waals surface area (Å²) in [6.07, 6.45) is -10.7. The molecule has 13 heteroatoms. The van der Waals surface area contributed by atoms with Crippen molar-refractivity contribution in [2.24, 2.45) is 0 Å². The second-order valence-electron chi connectivity index (χ2n) is 7.95. The first-order valence-corrected chi connectivity index (χ1v) is 12.9. The van der Waals surface area contributed by atoms with Gasteiger partial charge in [-0.05, 0) is 71.7 Å². The predicted octanol–water partition coefficient (Wildman–Crippen LogP) is 8.12. The molecule has 38 heavy (non-hydrogen) atoms. The molecule has 0 radical (unpaired) electrons. The fourth-order valence-electron chi connectivity index (χ4n) is 3.57. The zero-order chi connectivity index (χ0) is 28.5. The summed E-state index contributed by atoms with van der Waals surface area (Å²) >= 11 is 3.25. The van der Waals surface area contributed by atoms with Crippen LogP contribution in [-0.2, 0) is 5.67 Å². The molecule has 202 valence electrons. The van der Waals surface area contributed by atoms with Crippen molar-refractivity contribution in [1.29, 1.82) is 0 Å². The third kappa shape index (κ3) is 5.77. The Morgan fingerprint density at radius 1 is 0.789 bits per heavy atom. The number of amides is 2. The summed E-state index contributed by atoms with van der Waals surface area (Å²) in [5, 5.41) is 5.12. The third-order valence-electron chi connectivity index (χ3n) is 5.49. The van der Waals surface area contributed by atoms with Gasteiger partial charge in [0.1, 0.15) is 0 Å². The van der Waals surface area contributed by atoms with Crippen LogP contribution in [0.5, 0.6) is 0 Å². The van der Waals surface area contributed by atoms with Crippen molar-refractivity contribution >= 4 is 57.5 Å². The van der Waals surface area contributed by atoms with Crippen molar-refractivity contribution in [2.45, 2.75) is 29.8 Å². The number of rotatable bonds is 6. The Balaban J connectivity index is 1.94. The van der Waals surface area contributed by atoms with E-state index >= 15 is 0 Å². The number of aryl methyl sites for hydroxylation is 1. The maximum Gasteiger partial charge on any atom is 0.435 e. The minimum atomic E-state index is -6.26. The van der Waals surface area contributed by atoms with Crippen LogP contribution in [0.4, 0.5) is 42.1 Å². The highest BCUT2D eigenvalue weighted by Crippen LogP contribution is 2.53. The molecule has 0 saturated heterocycles. The number of carbonyl (C=O) groups is 2. The van der Waals surface area contributed by atoms with Crippen molar-refractivity contribution in [3.05, 3.63) is 86.5 Å². The number of halogens is 8. The fraction of sp³-hybridized carbons (Fsp3) is 0.200. The molecule has 3 aromatic rings. The van der Waals surface area contributed by atoms with Crippen LogP contribution >= 0.6 is 34.4 Å². The van der Waals surface area contributed by atoms with E-state index in [2.05, 4.69) is 10.6 Å². The highest BCUT2D eigenvalue weighted by atomic mass is 127. The first kappa shape index (κ1) is 29.7. The van der Waals surface area contributed by atoms with Crippen molar-refractivity contribution in [2.75, 3.05) is 16.9 Å². The highest BCUT2D eigenvalue weighted by molar-refractivity contribution is 14.1. The Labute approximate surface area is 230 Å². The molecule has 0 aromatic heterocycles. The molecule has 0 unspecified atom stereocenters. The van der Waals surface area contributed by atoms with Crippen molar-refractivity contribution in [3.8, 4) is 0 Å². The molecule has 3 rings (SSSR count). The molecule has 0 aliphatic heterocycles. The second kappa shape index (κ2) is 11.1. The van der Waals surface area contributed by atoms with Gasteiger partial charge in [-0.25, -0.2) is 4.39 Å². The molecule has 0 heterocycles. The Morgan fingerprint density at radius 3 is 1.97 bits per heavy atom. The van der Waals surface area contributed by atoms with Crippen LogP contribution in [-0.4, -0.2) is 30.4 Å². The van der Waals surface area contributed by atoms with Gasteiger partial charge in [-0.15, -0.1) is 11.8 Å². The van der Waals surface area contributed by atoms with E-state index in [-0.39, 0.29) is 22.4 Å². The molecule has 0 bridgehead atoms. The number of benzene rings is 3. The average molecular weight is 670 g/mol. The van der Waals surface area contributed by atoms with Crippen molar-refractivity contribution in [3.63, 3.8) is 0 Å². The molecule has 4 nitrogen and oxygen atoms in total. The van der Waals surface area contributed by atoms with Gasteiger partial charge in [-0.3, -0.25) is 9.59 Å². The smallest absolute Gasteiger partial charge is 0.322 e. The minimum Gasteiger partial charge on any atom is -0.322 e. The molecule has 3 aromatic carbocycles. The lowest BCUT2D eigenvalue weighted by Crippen LogP contribution is -2.50. The number of nitrogens with one attached hydrogen (secondary N) is 2. The molecular formula is C25H18F7IN2O2S. The second-order valence-corrected chi connectivity index (χ2v) is 9.96. The van der Waals surface area contributed by atoms with E-state index in [0.717, 1.165) is 17.9 Å². The Morgan fingerprint density at radius 2 is 1.39 bits per heavy atom. The average Bonchev–Trinajstić information content (AvgIpc) is 2.83. The molecule has 0 fully saturated rings. The van der Waals surface area contributed by atoms with E-state index in [1.807, 2.05) is 28.8 Å². The van der Waals surface area contributed by atoms with Crippen LogP contribution < -0.4 is 10.6 Å². The molecule has 2 N–H and O–H groups in total. The third-order valence-corrected chi connectivity index (χ3v) is 7.19. The standard InChI is InChI=1S/C25H18F7IN2O2S/c1-13-12-14(23(26,24(27,28)29)25(30,31)32)10-11-17(13)34-21(36)15-6-5-7-16(33)20(15)22(37)35-18-8-3-4-9-19(18)38-2/h3-12H,1-2H3,(H,34,36)(H,35,37). The summed E-state index contributed by atoms with van der Waals surface area (Å²) in [5.74, 6) is -1.45. The number of carbonyl (C=O) groups excluding carboxylic acids is 2. The van der Waals surface area contributed by atoms with Gasteiger partial charge in [0.25, 0.3) is 11.8 Å². The van der Waals surface area contributed by atoms with E-state index in [1.54, 1.807) is 30.3 Å². The topological polar surface area (TPSA) is 58.2 Å². The van der Waals surface area contributed by atoms with E-state index in [9.17, 15) is 40.3 Å². The summed E-state index contributed by atoms with van der Waals surface area (Å²) in [6, 6.07) is 12.8. The van der Waals surface area contributed by atoms with Crippen molar-refractivity contribution < 1.29 is 40.3 Å². The maximum absolute atomic E-state index is 14.4. The van der Waals surface area contributed by atoms with Gasteiger partial charge < -0.3 is 10.6 Å². The van der Waals surface area contributed by atoms with Crippen LogP contribution in [0, 0.1) is 10.5 Å². The summed E-state index contributed by atoms with van der Waals surface area (Å²) in [5.41, 5.74) is -7.26. The summed E-state index contributed by atoms with van der Waals surface area (Å²) < 4.78 is 93.5. The van der Waals surface area contributed by atoms with E-state index < -0.39 is 35.4 Å². The molecule has 0 saturated carbocycles. The Kier molecular flexibility index (Phi) is 8.71. The van der Waals surface area contributed by atoms with Gasteiger partial charge >= 0.3 is 18.0 Å². The van der Waals surface area contributed by atoms with Gasteiger partial charge in [0.2, 0.25) is 0 Å². The van der Waals surface area contributed by atoms with Crippen LogP contribution in [0.25, 0.3) is 0 Å². The molecule has 0 aliphatic carbocycles. The molecule has 0 atom stereocenters. The lowest BCUT2D eigenvalue weighted by atomic mass is 9.92. The zero-order valence-electron chi connectivity index (χ0n) is 19.5. The normalized spacial score (nSPS) is 12.3. The summed E-state index contributed by atoms with van der Waals surface area (Å²) in [6.45, 7) is 1.12. The van der Waals surface area contributed by atoms with Crippen LogP contribution in [0.3, 0.4) is 0 Å². The first-order valence-electron chi connectivity index (χ1n) is 10.6. The van der Waals surface area contributed by atoms with Crippen molar-refractivity contribution in [1.82, 2.24) is 0 Å². The largest absolute Gasteiger partial charge is 0.435 e. The van der Waals surface area contributed by atoms with E-state index in [0.29, 0.717) is 21.4 Å². The van der Waals surface area contributed by atoms with Gasteiger partial charge in [0.15, 0.2) is 0 Å². The number of thioether (sulfide) groups is 1. The van der Waals surface area contributed by atoms with E-state index in [1.165, 1.54) is 23.9 Å². The number of alkyl halides is 7. The Hall–Kier alpha value is -2.81. The van der Waals surface area contributed by atoms with Crippen LogP contribution in [0.2, 0.25) is 0 Å². The highest BCUT2D eigenvalue weighted by Gasteiger charge is 2.73. The molecular weight excluding hydrogens is 652 g/mol. The Bertz CT molecular complexity index is 1360. The fourth-order valence-corrected chi connectivity index (χ4v) is 4.87. The number of anilines is 2. The molecule has 0 spiro atoms. The van der Waals surface area contributed by atoms with Crippen LogP contribution in [0.15, 0.2) is 65.6 Å². The summed E-state index contributed by atoms with van der Waals surface area (Å²) in [4.78, 5) is 27.0. The molecule has 2 amide bonds. The lowest BCUT2D eigenvalue weighted by Gasteiger charge is -2.30. The quantitative estimate of drug-likeness (QED) is 0.158. The monoisotopic (exact) mass is 670 g/mol. The minimum absolute atomic E-state index is 0.00713. The predicted molar refractivity (Wildman–Crippen MR) is 139 cm³/mol. The summed E-state index contributed by atoms with van der Waals surface area (Å²) in [7, 11) is 0. The lowest BCUT2D eigenvalue weighted by molar-refractivity contribution is -0.348. The van der Waals surface area contributed by atoms with Gasteiger partial charge in [-0.1, -0.05) is 30.3 Å². The number of hydrogen-bond acceptors (Lipinski definition) is 3. The van der Waals surface area contributed by atoms with E-state index in [4.69, 9.17) is 0 Å².